The maximum atomic E-state index is 13.4. The Kier molecular flexibility index (Phi) is 16.0. The van der Waals surface area contributed by atoms with Crippen molar-refractivity contribution in [2.75, 3.05) is 27.2 Å². The molecule has 15 heteroatoms. The molecule has 0 aromatic carbocycles. The molecule has 1 fully saturated rings. The smallest absolute Gasteiger partial charge is 0.254 e. The highest BCUT2D eigenvalue weighted by molar-refractivity contribution is 6.08. The van der Waals surface area contributed by atoms with Crippen LogP contribution in [0.2, 0.25) is 0 Å². The third-order valence-corrected chi connectivity index (χ3v) is 7.54. The van der Waals surface area contributed by atoms with Gasteiger partial charge in [0.2, 0.25) is 23.6 Å². The molecule has 250 valence electrons. The quantitative estimate of drug-likeness (QED) is 0.0831. The lowest BCUT2D eigenvalue weighted by atomic mass is 10.0. The van der Waals surface area contributed by atoms with Crippen molar-refractivity contribution >= 4 is 41.7 Å². The highest BCUT2D eigenvalue weighted by Crippen LogP contribution is 2.11. The van der Waals surface area contributed by atoms with E-state index < -0.39 is 77.8 Å². The Labute approximate surface area is 259 Å². The fourth-order valence-electron chi connectivity index (χ4n) is 4.55. The van der Waals surface area contributed by atoms with E-state index in [9.17, 15) is 38.7 Å². The number of rotatable bonds is 16. The number of amides is 6. The van der Waals surface area contributed by atoms with Crippen molar-refractivity contribution < 1.29 is 38.7 Å². The van der Waals surface area contributed by atoms with Crippen LogP contribution in [0, 0.1) is 5.92 Å². The lowest BCUT2D eigenvalue weighted by Gasteiger charge is -2.31. The van der Waals surface area contributed by atoms with Gasteiger partial charge < -0.3 is 46.3 Å². The van der Waals surface area contributed by atoms with Gasteiger partial charge in [-0.25, -0.2) is 0 Å². The predicted octanol–water partition coefficient (Wildman–Crippen LogP) is -1.96. The first-order valence-electron chi connectivity index (χ1n) is 15.1. The Hall–Kier alpha value is -3.59. The summed E-state index contributed by atoms with van der Waals surface area (Å²) >= 11 is 0. The molecule has 0 radical (unpaired) electrons. The standard InChI is InChI=1S/C29H51N7O8/c1-16(2)14-21(30-7)26(41)34-23(29(44)36-12-10-9-11-13-36)27(42)32-18(4)24(39)31-19(5)25(40)33-22(20(6)38)28(43)35(8)17(3)15-37/h15-23,30,38H,9-14H2,1-8H3,(H,31,39)(H,32,42)(H,33,40)(H,34,41)/t17-,18+,19-,20+,21-,22?,23-/m0/s1. The van der Waals surface area contributed by atoms with Crippen LogP contribution in [0.15, 0.2) is 0 Å². The van der Waals surface area contributed by atoms with E-state index in [0.717, 1.165) is 24.2 Å². The third kappa shape index (κ3) is 11.5. The van der Waals surface area contributed by atoms with Crippen molar-refractivity contribution in [3.8, 4) is 0 Å². The molecule has 1 unspecified atom stereocenters. The minimum absolute atomic E-state index is 0.168. The van der Waals surface area contributed by atoms with Crippen LogP contribution in [0.4, 0.5) is 0 Å². The van der Waals surface area contributed by atoms with Crippen molar-refractivity contribution in [3.05, 3.63) is 0 Å². The molecule has 0 aromatic heterocycles. The molecule has 0 saturated carbocycles. The van der Waals surface area contributed by atoms with E-state index in [1.807, 2.05) is 13.8 Å². The van der Waals surface area contributed by atoms with E-state index in [4.69, 9.17) is 0 Å². The first-order chi connectivity index (χ1) is 20.5. The average Bonchev–Trinajstić information content (AvgIpc) is 2.99. The largest absolute Gasteiger partial charge is 0.391 e. The van der Waals surface area contributed by atoms with Gasteiger partial charge in [-0.3, -0.25) is 28.8 Å². The molecule has 0 spiro atoms. The number of hydrogen-bond acceptors (Lipinski definition) is 9. The molecule has 0 aliphatic carbocycles. The van der Waals surface area contributed by atoms with Crippen molar-refractivity contribution in [1.82, 2.24) is 36.4 Å². The zero-order valence-corrected chi connectivity index (χ0v) is 27.1. The van der Waals surface area contributed by atoms with Crippen LogP contribution in [0.1, 0.15) is 67.2 Å². The van der Waals surface area contributed by atoms with Crippen LogP contribution >= 0.6 is 0 Å². The summed E-state index contributed by atoms with van der Waals surface area (Å²) in [6.45, 7) is 10.3. The molecule has 1 aliphatic rings. The summed E-state index contributed by atoms with van der Waals surface area (Å²) in [6.07, 6.45) is 2.20. The Morgan fingerprint density at radius 3 is 1.80 bits per heavy atom. The van der Waals surface area contributed by atoms with Gasteiger partial charge in [0.1, 0.15) is 24.4 Å². The lowest BCUT2D eigenvalue weighted by molar-refractivity contribution is -0.144. The molecule has 1 rings (SSSR count). The Balaban J connectivity index is 2.97. The topological polar surface area (TPSA) is 206 Å². The molecule has 7 atom stereocenters. The molecule has 6 N–H and O–H groups in total. The molecule has 0 aromatic rings. The van der Waals surface area contributed by atoms with E-state index in [0.29, 0.717) is 25.8 Å². The van der Waals surface area contributed by atoms with Crippen LogP contribution in [0.5, 0.6) is 0 Å². The summed E-state index contributed by atoms with van der Waals surface area (Å²) in [5, 5.41) is 22.8. The minimum atomic E-state index is -1.57. The predicted molar refractivity (Wildman–Crippen MR) is 162 cm³/mol. The van der Waals surface area contributed by atoms with Crippen molar-refractivity contribution in [2.45, 2.75) is 110 Å². The van der Waals surface area contributed by atoms with Gasteiger partial charge in [-0.1, -0.05) is 13.8 Å². The van der Waals surface area contributed by atoms with Crippen molar-refractivity contribution in [1.29, 1.82) is 0 Å². The van der Waals surface area contributed by atoms with Crippen molar-refractivity contribution in [2.24, 2.45) is 5.92 Å². The summed E-state index contributed by atoms with van der Waals surface area (Å²) in [4.78, 5) is 91.8. The van der Waals surface area contributed by atoms with Crippen LogP contribution in [0.25, 0.3) is 0 Å². The number of nitrogens with one attached hydrogen (secondary N) is 5. The molecule has 44 heavy (non-hydrogen) atoms. The summed E-state index contributed by atoms with van der Waals surface area (Å²) in [7, 11) is 2.97. The van der Waals surface area contributed by atoms with Crippen LogP contribution < -0.4 is 26.6 Å². The summed E-state index contributed by atoms with van der Waals surface area (Å²) in [5.41, 5.74) is 0. The van der Waals surface area contributed by atoms with E-state index in [1.54, 1.807) is 7.05 Å². The van der Waals surface area contributed by atoms with Gasteiger partial charge in [0.25, 0.3) is 11.8 Å². The number of likely N-dealkylation sites (tertiary alicyclic amines) is 1. The molecule has 1 saturated heterocycles. The van der Waals surface area contributed by atoms with Gasteiger partial charge in [-0.15, -0.1) is 0 Å². The van der Waals surface area contributed by atoms with Crippen LogP contribution in [-0.4, -0.2) is 126 Å². The molecule has 0 bridgehead atoms. The van der Waals surface area contributed by atoms with Crippen LogP contribution in [-0.2, 0) is 33.6 Å². The van der Waals surface area contributed by atoms with E-state index in [2.05, 4.69) is 26.6 Å². The fourth-order valence-corrected chi connectivity index (χ4v) is 4.55. The second-order valence-corrected chi connectivity index (χ2v) is 11.8. The number of aliphatic hydroxyl groups excluding tert-OH is 1. The van der Waals surface area contributed by atoms with E-state index >= 15 is 0 Å². The number of carbonyl (C=O) groups excluding carboxylic acids is 7. The van der Waals surface area contributed by atoms with E-state index in [1.165, 1.54) is 39.6 Å². The number of hydrogen-bond donors (Lipinski definition) is 6. The number of nitrogens with zero attached hydrogens (tertiary/aromatic N) is 2. The van der Waals surface area contributed by atoms with E-state index in [-0.39, 0.29) is 5.92 Å². The maximum absolute atomic E-state index is 13.4. The lowest BCUT2D eigenvalue weighted by Crippen LogP contribution is -2.62. The number of aldehydes is 1. The van der Waals surface area contributed by atoms with Crippen LogP contribution in [0.3, 0.4) is 0 Å². The van der Waals surface area contributed by atoms with Crippen molar-refractivity contribution in [3.63, 3.8) is 0 Å². The summed E-state index contributed by atoms with van der Waals surface area (Å²) < 4.78 is 0. The number of piperidine rings is 1. The highest BCUT2D eigenvalue weighted by Gasteiger charge is 2.36. The summed E-state index contributed by atoms with van der Waals surface area (Å²) in [6, 6.07) is -6.79. The molecular weight excluding hydrogens is 574 g/mol. The SMILES string of the molecule is CN[C@@H](CC(C)C)C(=O)N[C@@H](C(=O)N[C@H](C)C(=O)N[C@@H](C)C(=O)NC(C(=O)N(C)[C@@H](C)C=O)[C@@H](C)O)C(=O)N1CCCCC1. The van der Waals surface area contributed by atoms with Gasteiger partial charge in [-0.05, 0) is 66.3 Å². The van der Waals surface area contributed by atoms with Gasteiger partial charge >= 0.3 is 0 Å². The minimum Gasteiger partial charge on any atom is -0.391 e. The monoisotopic (exact) mass is 625 g/mol. The molecule has 1 aliphatic heterocycles. The molecular formula is C29H51N7O8. The van der Waals surface area contributed by atoms with Gasteiger partial charge in [0.05, 0.1) is 18.2 Å². The number of likely N-dealkylation sites (N-methyl/N-ethyl adjacent to an activating group) is 2. The van der Waals surface area contributed by atoms with Gasteiger partial charge in [0, 0.05) is 20.1 Å². The average molecular weight is 626 g/mol. The Morgan fingerprint density at radius 1 is 0.795 bits per heavy atom. The maximum Gasteiger partial charge on any atom is 0.254 e. The second-order valence-electron chi connectivity index (χ2n) is 11.8. The van der Waals surface area contributed by atoms with Gasteiger partial charge in [-0.2, -0.15) is 0 Å². The normalized spacial score (nSPS) is 18.0. The second kappa shape index (κ2) is 18.3. The molecule has 1 heterocycles. The summed E-state index contributed by atoms with van der Waals surface area (Å²) in [5.74, 6) is -4.07. The zero-order chi connectivity index (χ0) is 33.7. The first-order valence-corrected chi connectivity index (χ1v) is 15.1. The highest BCUT2D eigenvalue weighted by atomic mass is 16.3. The third-order valence-electron chi connectivity index (χ3n) is 7.54. The molecule has 6 amide bonds. The number of carbonyl (C=O) groups is 7. The number of aliphatic hydroxyl groups is 1. The van der Waals surface area contributed by atoms with Gasteiger partial charge in [0.15, 0.2) is 6.04 Å². The fraction of sp³-hybridized carbons (Fsp3) is 0.759. The molecule has 15 nitrogen and oxygen atoms in total. The Morgan fingerprint density at radius 2 is 1.32 bits per heavy atom. The zero-order valence-electron chi connectivity index (χ0n) is 27.1. The first kappa shape index (κ1) is 38.4. The Bertz CT molecular complexity index is 1030.